The van der Waals surface area contributed by atoms with E-state index >= 15 is 0 Å². The van der Waals surface area contributed by atoms with Crippen LogP contribution in [0.4, 0.5) is 0 Å². The summed E-state index contributed by atoms with van der Waals surface area (Å²) < 4.78 is 0. The molecule has 1 unspecified atom stereocenters. The van der Waals surface area contributed by atoms with Crippen molar-refractivity contribution in [2.75, 3.05) is 5.75 Å². The molecule has 70 valence electrons. The van der Waals surface area contributed by atoms with Crippen molar-refractivity contribution in [1.82, 2.24) is 5.32 Å². The second-order valence-corrected chi connectivity index (χ2v) is 4.82. The van der Waals surface area contributed by atoms with Gasteiger partial charge >= 0.3 is 0 Å². The number of rotatable bonds is 2. The fraction of sp³-hybridized carbons (Fsp3) is 0.889. The highest BCUT2D eigenvalue weighted by atomic mass is 32.2. The lowest BCUT2D eigenvalue weighted by molar-refractivity contribution is 0.466. The largest absolute Gasteiger partial charge is 0.359 e. The van der Waals surface area contributed by atoms with Gasteiger partial charge in [0, 0.05) is 17.3 Å². The summed E-state index contributed by atoms with van der Waals surface area (Å²) in [6.07, 6.45) is 1.16. The van der Waals surface area contributed by atoms with Crippen molar-refractivity contribution in [3.63, 3.8) is 0 Å². The Balaban J connectivity index is 2.56. The molecule has 0 radical (unpaired) electrons. The number of hydrogen-bond donors (Lipinski definition) is 1. The first-order valence-electron chi connectivity index (χ1n) is 4.54. The number of amidine groups is 1. The molecule has 1 N–H and O–H groups in total. The molecule has 0 aliphatic carbocycles. The average Bonchev–Trinajstić information content (AvgIpc) is 2.32. The Bertz CT molecular complexity index is 189. The molecule has 1 rings (SSSR count). The third kappa shape index (κ3) is 2.41. The van der Waals surface area contributed by atoms with Crippen molar-refractivity contribution in [3.05, 3.63) is 0 Å². The summed E-state index contributed by atoms with van der Waals surface area (Å²) in [5, 5.41) is 4.58. The highest BCUT2D eigenvalue weighted by molar-refractivity contribution is 8.14. The molecule has 0 aromatic rings. The highest BCUT2D eigenvalue weighted by Crippen LogP contribution is 2.25. The smallest absolute Gasteiger partial charge is 0.157 e. The third-order valence-electron chi connectivity index (χ3n) is 2.09. The molecule has 2 nitrogen and oxygen atoms in total. The van der Waals surface area contributed by atoms with Gasteiger partial charge in [-0.1, -0.05) is 18.7 Å². The topological polar surface area (TPSA) is 24.4 Å². The van der Waals surface area contributed by atoms with Crippen molar-refractivity contribution < 1.29 is 0 Å². The maximum absolute atomic E-state index is 4.49. The van der Waals surface area contributed by atoms with E-state index in [1.165, 1.54) is 0 Å². The van der Waals surface area contributed by atoms with Gasteiger partial charge in [-0.2, -0.15) is 0 Å². The molecule has 1 saturated heterocycles. The molecule has 0 aromatic heterocycles. The van der Waals surface area contributed by atoms with Gasteiger partial charge in [0.15, 0.2) is 5.17 Å². The van der Waals surface area contributed by atoms with Gasteiger partial charge in [0.25, 0.3) is 0 Å². The molecule has 1 atom stereocenters. The number of thioether (sulfide) groups is 1. The van der Waals surface area contributed by atoms with Gasteiger partial charge in [-0.15, -0.1) is 0 Å². The quantitative estimate of drug-likeness (QED) is 0.715. The minimum absolute atomic E-state index is 0.276. The summed E-state index contributed by atoms with van der Waals surface area (Å²) >= 11 is 1.84. The fourth-order valence-electron chi connectivity index (χ4n) is 1.05. The van der Waals surface area contributed by atoms with E-state index in [2.05, 4.69) is 38.0 Å². The summed E-state index contributed by atoms with van der Waals surface area (Å²) in [5.41, 5.74) is 0.276. The molecule has 1 heterocycles. The minimum atomic E-state index is 0.276. The third-order valence-corrected chi connectivity index (χ3v) is 3.35. The predicted molar refractivity (Wildman–Crippen MR) is 56.9 cm³/mol. The molecule has 1 aliphatic rings. The van der Waals surface area contributed by atoms with E-state index < -0.39 is 0 Å². The van der Waals surface area contributed by atoms with Crippen LogP contribution in [0.5, 0.6) is 0 Å². The van der Waals surface area contributed by atoms with Gasteiger partial charge < -0.3 is 5.32 Å². The van der Waals surface area contributed by atoms with Gasteiger partial charge in [0.1, 0.15) is 0 Å². The van der Waals surface area contributed by atoms with Gasteiger partial charge in [-0.25, -0.2) is 0 Å². The van der Waals surface area contributed by atoms with E-state index in [0.29, 0.717) is 6.04 Å². The Morgan fingerprint density at radius 1 is 1.67 bits per heavy atom. The number of aliphatic imine (C=N–C) groups is 1. The van der Waals surface area contributed by atoms with Crippen LogP contribution in [-0.4, -0.2) is 22.5 Å². The fourth-order valence-corrected chi connectivity index (χ4v) is 2.39. The van der Waals surface area contributed by atoms with Crippen LogP contribution in [0, 0.1) is 0 Å². The molecule has 0 bridgehead atoms. The Morgan fingerprint density at radius 2 is 2.33 bits per heavy atom. The van der Waals surface area contributed by atoms with Crippen LogP contribution in [0.2, 0.25) is 0 Å². The maximum atomic E-state index is 4.49. The van der Waals surface area contributed by atoms with Crippen molar-refractivity contribution >= 4 is 16.9 Å². The van der Waals surface area contributed by atoms with E-state index in [1.807, 2.05) is 11.8 Å². The van der Waals surface area contributed by atoms with Crippen molar-refractivity contribution in [2.45, 2.75) is 45.7 Å². The van der Waals surface area contributed by atoms with Crippen LogP contribution in [0.15, 0.2) is 4.99 Å². The second kappa shape index (κ2) is 3.69. The lowest BCUT2D eigenvalue weighted by Gasteiger charge is -2.20. The van der Waals surface area contributed by atoms with E-state index in [4.69, 9.17) is 0 Å². The molecule has 0 saturated carbocycles. The summed E-state index contributed by atoms with van der Waals surface area (Å²) in [5.74, 6) is 1.15. The molecule has 0 spiro atoms. The van der Waals surface area contributed by atoms with Gasteiger partial charge in [0.05, 0.1) is 0 Å². The number of nitrogens with zero attached hydrogens (tertiary/aromatic N) is 1. The number of hydrogen-bond acceptors (Lipinski definition) is 2. The Kier molecular flexibility index (Phi) is 3.04. The van der Waals surface area contributed by atoms with Crippen LogP contribution in [0.3, 0.4) is 0 Å². The van der Waals surface area contributed by atoms with Crippen molar-refractivity contribution in [3.8, 4) is 0 Å². The molecular formula is C9H18N2S. The van der Waals surface area contributed by atoms with Crippen LogP contribution in [0.1, 0.15) is 34.1 Å². The zero-order valence-corrected chi connectivity index (χ0v) is 9.16. The molecule has 3 heteroatoms. The van der Waals surface area contributed by atoms with E-state index in [0.717, 1.165) is 17.3 Å². The zero-order valence-electron chi connectivity index (χ0n) is 8.35. The first-order valence-corrected chi connectivity index (χ1v) is 5.53. The summed E-state index contributed by atoms with van der Waals surface area (Å²) in [6.45, 7) is 8.68. The average molecular weight is 186 g/mol. The highest BCUT2D eigenvalue weighted by Gasteiger charge is 2.30. The molecular weight excluding hydrogens is 168 g/mol. The standard InChI is InChI=1S/C9H18N2S/c1-5-9(4)6-12-8(11-9)10-7(2)3/h7H,5-6H2,1-4H3,(H,10,11). The van der Waals surface area contributed by atoms with Crippen LogP contribution < -0.4 is 5.32 Å². The maximum Gasteiger partial charge on any atom is 0.157 e. The Labute approximate surface area is 79.2 Å². The normalized spacial score (nSPS) is 32.9. The van der Waals surface area contributed by atoms with E-state index in [-0.39, 0.29) is 5.54 Å². The minimum Gasteiger partial charge on any atom is -0.359 e. The van der Waals surface area contributed by atoms with Gasteiger partial charge in [-0.05, 0) is 27.2 Å². The van der Waals surface area contributed by atoms with Crippen molar-refractivity contribution in [2.24, 2.45) is 4.99 Å². The van der Waals surface area contributed by atoms with E-state index in [1.54, 1.807) is 0 Å². The predicted octanol–water partition coefficient (Wildman–Crippen LogP) is 2.26. The first-order chi connectivity index (χ1) is 5.56. The monoisotopic (exact) mass is 186 g/mol. The lowest BCUT2D eigenvalue weighted by atomic mass is 10.0. The summed E-state index contributed by atoms with van der Waals surface area (Å²) in [6, 6.07) is 0.402. The van der Waals surface area contributed by atoms with Gasteiger partial charge in [-0.3, -0.25) is 4.99 Å². The van der Waals surface area contributed by atoms with Crippen LogP contribution >= 0.6 is 11.8 Å². The van der Waals surface area contributed by atoms with Crippen molar-refractivity contribution in [1.29, 1.82) is 0 Å². The molecule has 1 fully saturated rings. The SMILES string of the molecule is CCC1(C)CS/C(=N\C(C)C)N1. The Hall–Kier alpha value is -0.180. The first kappa shape index (κ1) is 9.90. The second-order valence-electron chi connectivity index (χ2n) is 3.86. The number of nitrogens with one attached hydrogen (secondary N) is 1. The summed E-state index contributed by atoms with van der Waals surface area (Å²) in [4.78, 5) is 4.49. The van der Waals surface area contributed by atoms with E-state index in [9.17, 15) is 0 Å². The van der Waals surface area contributed by atoms with Crippen LogP contribution in [-0.2, 0) is 0 Å². The summed E-state index contributed by atoms with van der Waals surface area (Å²) in [7, 11) is 0. The Morgan fingerprint density at radius 3 is 2.75 bits per heavy atom. The van der Waals surface area contributed by atoms with Crippen LogP contribution in [0.25, 0.3) is 0 Å². The molecule has 0 amide bonds. The molecule has 12 heavy (non-hydrogen) atoms. The zero-order chi connectivity index (χ0) is 9.19. The molecule has 1 aliphatic heterocycles. The lowest BCUT2D eigenvalue weighted by Crippen LogP contribution is -2.39. The van der Waals surface area contributed by atoms with Gasteiger partial charge in [0.2, 0.25) is 0 Å². The molecule has 0 aromatic carbocycles.